The van der Waals surface area contributed by atoms with Crippen LogP contribution in [0.25, 0.3) is 11.0 Å². The van der Waals surface area contributed by atoms with Crippen LogP contribution < -0.4 is 0 Å². The summed E-state index contributed by atoms with van der Waals surface area (Å²) in [5.41, 5.74) is 2.32. The summed E-state index contributed by atoms with van der Waals surface area (Å²) in [5, 5.41) is 1.24. The molecular formula is C16H21NO. The Bertz CT molecular complexity index is 523. The number of rotatable bonds is 4. The Labute approximate surface area is 109 Å². The van der Waals surface area contributed by atoms with Gasteiger partial charge in [0.25, 0.3) is 0 Å². The van der Waals surface area contributed by atoms with E-state index in [1.807, 2.05) is 0 Å². The second-order valence-electron chi connectivity index (χ2n) is 5.41. The van der Waals surface area contributed by atoms with Crippen molar-refractivity contribution in [3.8, 4) is 0 Å². The van der Waals surface area contributed by atoms with Crippen molar-refractivity contribution in [1.82, 2.24) is 4.90 Å². The molecule has 2 aromatic rings. The lowest BCUT2D eigenvalue weighted by Gasteiger charge is -2.13. The molecule has 0 saturated carbocycles. The summed E-state index contributed by atoms with van der Waals surface area (Å²) >= 11 is 0. The zero-order valence-corrected chi connectivity index (χ0v) is 11.1. The Morgan fingerprint density at radius 3 is 2.83 bits per heavy atom. The molecule has 0 unspecified atom stereocenters. The average molecular weight is 243 g/mol. The first-order valence-electron chi connectivity index (χ1n) is 7.03. The maximum atomic E-state index is 5.87. The normalized spacial score (nSPS) is 16.7. The fourth-order valence-corrected chi connectivity index (χ4v) is 2.82. The summed E-state index contributed by atoms with van der Waals surface area (Å²) < 4.78 is 5.87. The first-order chi connectivity index (χ1) is 8.81. The molecule has 2 heterocycles. The lowest BCUT2D eigenvalue weighted by molar-refractivity contribution is 0.330. The van der Waals surface area contributed by atoms with E-state index in [0.29, 0.717) is 0 Å². The third kappa shape index (κ3) is 2.59. The zero-order valence-electron chi connectivity index (χ0n) is 11.1. The third-order valence-electron chi connectivity index (χ3n) is 3.82. The van der Waals surface area contributed by atoms with Gasteiger partial charge in [0, 0.05) is 11.8 Å². The van der Waals surface area contributed by atoms with Gasteiger partial charge in [-0.25, -0.2) is 0 Å². The predicted octanol–water partition coefficient (Wildman–Crippen LogP) is 3.77. The molecule has 1 aliphatic heterocycles. The number of likely N-dealkylation sites (tertiary alicyclic amines) is 1. The summed E-state index contributed by atoms with van der Waals surface area (Å²) in [6, 6.07) is 8.59. The van der Waals surface area contributed by atoms with Gasteiger partial charge >= 0.3 is 0 Å². The highest BCUT2D eigenvalue weighted by Crippen LogP contribution is 2.21. The Hall–Kier alpha value is -1.28. The zero-order chi connectivity index (χ0) is 12.4. The molecule has 1 aromatic carbocycles. The van der Waals surface area contributed by atoms with Gasteiger partial charge in [-0.1, -0.05) is 11.6 Å². The molecule has 0 amide bonds. The van der Waals surface area contributed by atoms with E-state index in [4.69, 9.17) is 4.42 Å². The third-order valence-corrected chi connectivity index (χ3v) is 3.82. The Morgan fingerprint density at radius 1 is 1.17 bits per heavy atom. The van der Waals surface area contributed by atoms with Crippen molar-refractivity contribution >= 4 is 11.0 Å². The Balaban J connectivity index is 1.60. The second-order valence-corrected chi connectivity index (χ2v) is 5.41. The quantitative estimate of drug-likeness (QED) is 0.812. The van der Waals surface area contributed by atoms with Gasteiger partial charge in [-0.2, -0.15) is 0 Å². The lowest BCUT2D eigenvalue weighted by atomic mass is 10.1. The van der Waals surface area contributed by atoms with E-state index in [1.54, 1.807) is 0 Å². The van der Waals surface area contributed by atoms with Crippen molar-refractivity contribution in [3.63, 3.8) is 0 Å². The Kier molecular flexibility index (Phi) is 3.37. The minimum Gasteiger partial charge on any atom is -0.461 e. The molecule has 1 aromatic heterocycles. The van der Waals surface area contributed by atoms with Crippen LogP contribution in [0.2, 0.25) is 0 Å². The number of aryl methyl sites for hydroxylation is 2. The van der Waals surface area contributed by atoms with Crippen LogP contribution in [0.15, 0.2) is 28.7 Å². The van der Waals surface area contributed by atoms with Gasteiger partial charge in [0.2, 0.25) is 0 Å². The maximum Gasteiger partial charge on any atom is 0.134 e. The van der Waals surface area contributed by atoms with Crippen LogP contribution in [0.3, 0.4) is 0 Å². The average Bonchev–Trinajstić information content (AvgIpc) is 2.97. The van der Waals surface area contributed by atoms with Gasteiger partial charge in [-0.05, 0) is 64.0 Å². The summed E-state index contributed by atoms with van der Waals surface area (Å²) in [7, 11) is 0. The van der Waals surface area contributed by atoms with E-state index < -0.39 is 0 Å². The van der Waals surface area contributed by atoms with Gasteiger partial charge in [-0.3, -0.25) is 0 Å². The van der Waals surface area contributed by atoms with E-state index >= 15 is 0 Å². The molecule has 1 aliphatic rings. The van der Waals surface area contributed by atoms with E-state index in [0.717, 1.165) is 17.8 Å². The van der Waals surface area contributed by atoms with Crippen LogP contribution in [0, 0.1) is 6.92 Å². The van der Waals surface area contributed by atoms with Crippen LogP contribution in [-0.4, -0.2) is 24.5 Å². The molecule has 18 heavy (non-hydrogen) atoms. The number of furan rings is 1. The standard InChI is InChI=1S/C16H21NO/c1-13-6-7-16-14(11-13)12-15(18-16)5-4-10-17-8-2-3-9-17/h6-7,11-12H,2-5,8-10H2,1H3. The largest absolute Gasteiger partial charge is 0.461 e. The highest BCUT2D eigenvalue weighted by Gasteiger charge is 2.11. The molecule has 1 fully saturated rings. The first-order valence-corrected chi connectivity index (χ1v) is 7.03. The smallest absolute Gasteiger partial charge is 0.134 e. The van der Waals surface area contributed by atoms with Crippen molar-refractivity contribution in [2.75, 3.05) is 19.6 Å². The van der Waals surface area contributed by atoms with Crippen molar-refractivity contribution in [3.05, 3.63) is 35.6 Å². The molecule has 2 heteroatoms. The molecule has 0 N–H and O–H groups in total. The minimum absolute atomic E-state index is 1.02. The maximum absolute atomic E-state index is 5.87. The monoisotopic (exact) mass is 243 g/mol. The number of hydrogen-bond donors (Lipinski definition) is 0. The lowest BCUT2D eigenvalue weighted by Crippen LogP contribution is -2.20. The Morgan fingerprint density at radius 2 is 2.00 bits per heavy atom. The van der Waals surface area contributed by atoms with E-state index in [2.05, 4.69) is 36.1 Å². The summed E-state index contributed by atoms with van der Waals surface area (Å²) in [5.74, 6) is 1.13. The van der Waals surface area contributed by atoms with Gasteiger partial charge in [0.15, 0.2) is 0 Å². The highest BCUT2D eigenvalue weighted by atomic mass is 16.3. The molecule has 0 atom stereocenters. The number of nitrogens with zero attached hydrogens (tertiary/aromatic N) is 1. The minimum atomic E-state index is 1.02. The number of fused-ring (bicyclic) bond motifs is 1. The molecule has 1 saturated heterocycles. The summed E-state index contributed by atoms with van der Waals surface area (Å²) in [4.78, 5) is 2.56. The SMILES string of the molecule is Cc1ccc2oc(CCCN3CCCC3)cc2c1. The molecule has 3 rings (SSSR count). The predicted molar refractivity (Wildman–Crippen MR) is 74.9 cm³/mol. The van der Waals surface area contributed by atoms with Crippen LogP contribution >= 0.6 is 0 Å². The topological polar surface area (TPSA) is 16.4 Å². The van der Waals surface area contributed by atoms with E-state index in [9.17, 15) is 0 Å². The van der Waals surface area contributed by atoms with Gasteiger partial charge in [0.1, 0.15) is 11.3 Å². The van der Waals surface area contributed by atoms with Crippen LogP contribution in [0.1, 0.15) is 30.6 Å². The molecular weight excluding hydrogens is 222 g/mol. The molecule has 0 radical (unpaired) electrons. The van der Waals surface area contributed by atoms with Crippen LogP contribution in [0.5, 0.6) is 0 Å². The molecule has 2 nitrogen and oxygen atoms in total. The molecule has 0 spiro atoms. The van der Waals surface area contributed by atoms with E-state index in [1.165, 1.54) is 49.8 Å². The van der Waals surface area contributed by atoms with Crippen molar-refractivity contribution in [2.45, 2.75) is 32.6 Å². The van der Waals surface area contributed by atoms with Gasteiger partial charge < -0.3 is 9.32 Å². The van der Waals surface area contributed by atoms with Crippen LogP contribution in [0.4, 0.5) is 0 Å². The molecule has 0 aliphatic carbocycles. The van der Waals surface area contributed by atoms with Gasteiger partial charge in [0.05, 0.1) is 0 Å². The number of hydrogen-bond acceptors (Lipinski definition) is 2. The van der Waals surface area contributed by atoms with E-state index in [-0.39, 0.29) is 0 Å². The fourth-order valence-electron chi connectivity index (χ4n) is 2.82. The fraction of sp³-hybridized carbons (Fsp3) is 0.500. The summed E-state index contributed by atoms with van der Waals surface area (Å²) in [6.45, 7) is 5.92. The van der Waals surface area contributed by atoms with Crippen molar-refractivity contribution in [2.24, 2.45) is 0 Å². The first kappa shape index (κ1) is 11.8. The van der Waals surface area contributed by atoms with Crippen molar-refractivity contribution in [1.29, 1.82) is 0 Å². The second kappa shape index (κ2) is 5.15. The summed E-state index contributed by atoms with van der Waals surface area (Å²) in [6.07, 6.45) is 5.02. The molecule has 96 valence electrons. The highest BCUT2D eigenvalue weighted by molar-refractivity contribution is 5.78. The van der Waals surface area contributed by atoms with Crippen molar-refractivity contribution < 1.29 is 4.42 Å². The number of benzene rings is 1. The van der Waals surface area contributed by atoms with Gasteiger partial charge in [-0.15, -0.1) is 0 Å². The van der Waals surface area contributed by atoms with Crippen LogP contribution in [-0.2, 0) is 6.42 Å². The molecule has 0 bridgehead atoms.